The van der Waals surface area contributed by atoms with E-state index < -0.39 is 0 Å². The Morgan fingerprint density at radius 3 is 2.78 bits per heavy atom. The van der Waals surface area contributed by atoms with Gasteiger partial charge in [0.2, 0.25) is 0 Å². The van der Waals surface area contributed by atoms with Crippen LogP contribution < -0.4 is 0 Å². The van der Waals surface area contributed by atoms with Crippen molar-refractivity contribution in [2.75, 3.05) is 0 Å². The fourth-order valence-electron chi connectivity index (χ4n) is 1.25. The van der Waals surface area contributed by atoms with Gasteiger partial charge < -0.3 is 0 Å². The zero-order valence-corrected chi connectivity index (χ0v) is 5.89. The minimum Gasteiger partial charge on any atom is -0.198 e. The normalized spacial score (nSPS) is 37.7. The van der Waals surface area contributed by atoms with Gasteiger partial charge in [-0.25, -0.2) is 0 Å². The molecule has 1 nitrogen and oxygen atoms in total. The molecule has 0 aliphatic heterocycles. The molecule has 1 saturated carbocycles. The van der Waals surface area contributed by atoms with Crippen LogP contribution in [0.3, 0.4) is 0 Å². The summed E-state index contributed by atoms with van der Waals surface area (Å²) in [5.74, 6) is 0.830. The van der Waals surface area contributed by atoms with Crippen molar-refractivity contribution in [2.24, 2.45) is 11.8 Å². The number of allylic oxidation sites excluding steroid dienone is 2. The summed E-state index contributed by atoms with van der Waals surface area (Å²) in [5.41, 5.74) is 1.45. The summed E-state index contributed by atoms with van der Waals surface area (Å²) in [7, 11) is 0. The summed E-state index contributed by atoms with van der Waals surface area (Å²) in [6, 6.07) is 2.27. The van der Waals surface area contributed by atoms with E-state index >= 15 is 0 Å². The predicted octanol–water partition coefficient (Wildman–Crippen LogP) is 2.11. The van der Waals surface area contributed by atoms with Gasteiger partial charge in [0.15, 0.2) is 0 Å². The molecule has 0 aromatic heterocycles. The minimum atomic E-state index is 0.302. The van der Waals surface area contributed by atoms with Crippen LogP contribution in [0.4, 0.5) is 0 Å². The number of nitriles is 1. The van der Waals surface area contributed by atoms with Crippen LogP contribution in [0.15, 0.2) is 11.6 Å². The van der Waals surface area contributed by atoms with Gasteiger partial charge in [-0.1, -0.05) is 18.6 Å². The van der Waals surface area contributed by atoms with Crippen molar-refractivity contribution in [1.29, 1.82) is 5.26 Å². The Hall–Kier alpha value is -0.770. The Labute approximate surface area is 56.0 Å². The van der Waals surface area contributed by atoms with E-state index in [1.807, 2.05) is 6.92 Å². The largest absolute Gasteiger partial charge is 0.198 e. The van der Waals surface area contributed by atoms with E-state index in [1.165, 1.54) is 5.57 Å². The summed E-state index contributed by atoms with van der Waals surface area (Å²) in [6.07, 6.45) is 3.13. The maximum atomic E-state index is 8.49. The lowest BCUT2D eigenvalue weighted by atomic mass is 9.71. The second-order valence-electron chi connectivity index (χ2n) is 2.59. The summed E-state index contributed by atoms with van der Waals surface area (Å²) in [5, 5.41) is 8.49. The monoisotopic (exact) mass is 121 g/mol. The van der Waals surface area contributed by atoms with Crippen LogP contribution in [-0.2, 0) is 0 Å². The first-order chi connectivity index (χ1) is 4.29. The Balaban J connectivity index is 2.54. The lowest BCUT2D eigenvalue weighted by molar-refractivity contribution is 0.376. The molecular formula is C8H11N. The van der Waals surface area contributed by atoms with Gasteiger partial charge in [0.25, 0.3) is 0 Å². The maximum absolute atomic E-state index is 8.49. The summed E-state index contributed by atoms with van der Waals surface area (Å²) in [6.45, 7) is 4.16. The van der Waals surface area contributed by atoms with Gasteiger partial charge >= 0.3 is 0 Å². The molecule has 1 aliphatic rings. The predicted molar refractivity (Wildman–Crippen MR) is 36.6 cm³/mol. The number of hydrogen-bond donors (Lipinski definition) is 0. The van der Waals surface area contributed by atoms with Crippen LogP contribution in [0, 0.1) is 23.2 Å². The first-order valence-corrected chi connectivity index (χ1v) is 3.34. The number of rotatable bonds is 0. The zero-order chi connectivity index (χ0) is 6.85. The molecule has 0 saturated heterocycles. The van der Waals surface area contributed by atoms with E-state index in [0.29, 0.717) is 11.8 Å². The lowest BCUT2D eigenvalue weighted by Gasteiger charge is -2.31. The van der Waals surface area contributed by atoms with Gasteiger partial charge in [-0.05, 0) is 19.3 Å². The highest BCUT2D eigenvalue weighted by Gasteiger charge is 2.30. The molecule has 1 fully saturated rings. The summed E-state index contributed by atoms with van der Waals surface area (Å²) >= 11 is 0. The highest BCUT2D eigenvalue weighted by Crippen LogP contribution is 2.38. The Morgan fingerprint density at radius 2 is 2.44 bits per heavy atom. The van der Waals surface area contributed by atoms with Crippen molar-refractivity contribution in [1.82, 2.24) is 0 Å². The van der Waals surface area contributed by atoms with Gasteiger partial charge in [-0.2, -0.15) is 5.26 Å². The van der Waals surface area contributed by atoms with Crippen molar-refractivity contribution in [3.63, 3.8) is 0 Å². The van der Waals surface area contributed by atoms with Crippen LogP contribution in [0.5, 0.6) is 0 Å². The van der Waals surface area contributed by atoms with Crippen molar-refractivity contribution in [3.05, 3.63) is 11.6 Å². The molecule has 48 valence electrons. The minimum absolute atomic E-state index is 0.302. The highest BCUT2D eigenvalue weighted by atomic mass is 14.4. The molecule has 1 aliphatic carbocycles. The van der Waals surface area contributed by atoms with Crippen LogP contribution in [0.2, 0.25) is 0 Å². The molecule has 1 rings (SSSR count). The lowest BCUT2D eigenvalue weighted by Crippen LogP contribution is -2.24. The Bertz CT molecular complexity index is 173. The molecule has 0 bridgehead atoms. The zero-order valence-electron chi connectivity index (χ0n) is 5.89. The molecule has 0 aromatic rings. The topological polar surface area (TPSA) is 23.8 Å². The van der Waals surface area contributed by atoms with Crippen LogP contribution in [0.1, 0.15) is 20.3 Å². The maximum Gasteiger partial charge on any atom is 0.0665 e. The first-order valence-electron chi connectivity index (χ1n) is 3.34. The number of nitrogens with zero attached hydrogens (tertiary/aromatic N) is 1. The van der Waals surface area contributed by atoms with Crippen molar-refractivity contribution in [3.8, 4) is 6.07 Å². The molecule has 0 heterocycles. The summed E-state index contributed by atoms with van der Waals surface area (Å²) < 4.78 is 0. The average Bonchev–Trinajstić information content (AvgIpc) is 1.87. The third-order valence-corrected chi connectivity index (χ3v) is 2.18. The standard InChI is InChI=1S/C8H11N/c1-3-7-4-8(5-9)6(7)2/h3,6,8H,4H2,1-2H3/b7-3-/t6-,8-/m1/s1. The average molecular weight is 121 g/mol. The SMILES string of the molecule is C/C=C1/C[C@H](C#N)[C@@H]1C. The van der Waals surface area contributed by atoms with Gasteiger partial charge in [0.05, 0.1) is 12.0 Å². The van der Waals surface area contributed by atoms with E-state index in [2.05, 4.69) is 19.1 Å². The molecule has 0 unspecified atom stereocenters. The number of hydrogen-bond acceptors (Lipinski definition) is 1. The molecule has 0 radical (unpaired) electrons. The van der Waals surface area contributed by atoms with Gasteiger partial charge in [0.1, 0.15) is 0 Å². The quantitative estimate of drug-likeness (QED) is 0.450. The van der Waals surface area contributed by atoms with Gasteiger partial charge in [-0.15, -0.1) is 0 Å². The van der Waals surface area contributed by atoms with Gasteiger partial charge in [-0.3, -0.25) is 0 Å². The molecule has 0 amide bonds. The fraction of sp³-hybridized carbons (Fsp3) is 0.625. The molecule has 0 spiro atoms. The fourth-order valence-corrected chi connectivity index (χ4v) is 1.25. The van der Waals surface area contributed by atoms with E-state index in [4.69, 9.17) is 5.26 Å². The molecule has 0 aromatic carbocycles. The third-order valence-electron chi connectivity index (χ3n) is 2.18. The van der Waals surface area contributed by atoms with Crippen LogP contribution >= 0.6 is 0 Å². The second-order valence-corrected chi connectivity index (χ2v) is 2.59. The van der Waals surface area contributed by atoms with Crippen molar-refractivity contribution < 1.29 is 0 Å². The Morgan fingerprint density at radius 1 is 1.78 bits per heavy atom. The highest BCUT2D eigenvalue weighted by molar-refractivity contribution is 5.21. The summed E-state index contributed by atoms with van der Waals surface area (Å²) in [4.78, 5) is 0. The molecule has 1 heteroatoms. The van der Waals surface area contributed by atoms with E-state index in [-0.39, 0.29) is 0 Å². The second kappa shape index (κ2) is 2.23. The molecular weight excluding hydrogens is 110 g/mol. The third kappa shape index (κ3) is 0.853. The van der Waals surface area contributed by atoms with Crippen molar-refractivity contribution in [2.45, 2.75) is 20.3 Å². The van der Waals surface area contributed by atoms with E-state index in [1.54, 1.807) is 0 Å². The van der Waals surface area contributed by atoms with Crippen LogP contribution in [0.25, 0.3) is 0 Å². The molecule has 0 N–H and O–H groups in total. The van der Waals surface area contributed by atoms with Gasteiger partial charge in [0, 0.05) is 0 Å². The Kier molecular flexibility index (Phi) is 1.57. The molecule has 2 atom stereocenters. The van der Waals surface area contributed by atoms with E-state index in [0.717, 1.165) is 6.42 Å². The smallest absolute Gasteiger partial charge is 0.0665 e. The van der Waals surface area contributed by atoms with Crippen LogP contribution in [-0.4, -0.2) is 0 Å². The molecule has 9 heavy (non-hydrogen) atoms. The van der Waals surface area contributed by atoms with E-state index in [9.17, 15) is 0 Å². The van der Waals surface area contributed by atoms with Crippen molar-refractivity contribution >= 4 is 0 Å². The first kappa shape index (κ1) is 6.35.